The van der Waals surface area contributed by atoms with Crippen LogP contribution < -0.4 is 15.8 Å². The Kier molecular flexibility index (Phi) is 7.62. The summed E-state index contributed by atoms with van der Waals surface area (Å²) in [6, 6.07) is 0.881. The molecule has 3 aliphatic heterocycles. The molecule has 1 spiro atoms. The molecule has 3 N–H and O–H groups in total. The highest BCUT2D eigenvalue weighted by Gasteiger charge is 2.77. The van der Waals surface area contributed by atoms with Crippen LogP contribution in [0.2, 0.25) is 0 Å². The van der Waals surface area contributed by atoms with E-state index in [1.165, 1.54) is 11.1 Å². The number of alkyl halides is 5. The summed E-state index contributed by atoms with van der Waals surface area (Å²) < 4.78 is 92.0. The first-order valence-corrected chi connectivity index (χ1v) is 14.7. The zero-order chi connectivity index (χ0) is 34.1. The predicted octanol–water partition coefficient (Wildman–Crippen LogP) is 4.53. The Morgan fingerprint density at radius 1 is 1.21 bits per heavy atom. The molecule has 11 nitrogen and oxygen atoms in total. The van der Waals surface area contributed by atoms with Crippen molar-refractivity contribution in [2.75, 3.05) is 18.5 Å². The molecule has 2 atom stereocenters. The molecule has 4 heterocycles. The number of aryl methyl sites for hydroxylation is 1. The Balaban J connectivity index is 1.34. The van der Waals surface area contributed by atoms with Crippen LogP contribution >= 0.6 is 0 Å². The third kappa shape index (κ3) is 5.11. The number of aliphatic imine (C=N–C) groups is 2. The number of amides is 2. The third-order valence-corrected chi connectivity index (χ3v) is 9.03. The number of halogens is 6. The first-order valence-electron chi connectivity index (χ1n) is 14.7. The number of piperidine rings is 1. The van der Waals surface area contributed by atoms with Gasteiger partial charge in [-0.05, 0) is 51.5 Å². The van der Waals surface area contributed by atoms with Crippen LogP contribution in [-0.4, -0.2) is 75.1 Å². The Labute approximate surface area is 264 Å². The highest BCUT2D eigenvalue weighted by Crippen LogP contribution is 2.65. The van der Waals surface area contributed by atoms with Gasteiger partial charge in [0.2, 0.25) is 5.91 Å². The lowest BCUT2D eigenvalue weighted by Crippen LogP contribution is -2.53. The van der Waals surface area contributed by atoms with Gasteiger partial charge in [-0.3, -0.25) is 19.3 Å². The van der Waals surface area contributed by atoms with Crippen LogP contribution in [0, 0.1) is 11.2 Å². The molecule has 2 saturated heterocycles. The van der Waals surface area contributed by atoms with E-state index >= 15 is 13.2 Å². The number of fused-ring (bicyclic) bond motifs is 1. The summed E-state index contributed by atoms with van der Waals surface area (Å²) in [6.45, 7) is 5.28. The smallest absolute Gasteiger partial charge is 0.433 e. The maximum atomic E-state index is 15.6. The standard InChI is InChI=1S/C30H30F6N8O3/c1-4-47-19-12-16(26(45)40-22-13-21(30(34,35)36)42(3)41-22)18(31)11-17(19)23(38-2)24-25(37)39-9-10-43(24)15-5-6-20-29(32,33)28(7-8-28)27(46)44(20)14-15/h9-13,15,20H,2,4-8,14H2,1,3H3,(H2,37,39)(H,40,41,45)/b24-23-/t15?,20-/m0/s1. The van der Waals surface area contributed by atoms with Crippen LogP contribution in [0.25, 0.3) is 5.70 Å². The lowest BCUT2D eigenvalue weighted by Gasteiger charge is -2.42. The van der Waals surface area contributed by atoms with E-state index in [0.717, 1.165) is 19.2 Å². The van der Waals surface area contributed by atoms with Crippen molar-refractivity contribution in [2.45, 2.75) is 56.8 Å². The SMILES string of the molecule is C=N/C(=C1/C(N)=NC=CN1C1CC[C@@H]2N(C1)C(=O)C1(CC1)C2(F)F)c1cc(F)c(C(=O)Nc2cc(C(F)(F)F)n(C)n2)cc1OCC. The molecule has 1 aliphatic carbocycles. The normalized spacial score (nSPS) is 23.8. The van der Waals surface area contributed by atoms with E-state index in [0.29, 0.717) is 10.7 Å². The van der Waals surface area contributed by atoms with Crippen molar-refractivity contribution in [1.29, 1.82) is 0 Å². The molecule has 2 amide bonds. The van der Waals surface area contributed by atoms with Crippen LogP contribution in [0.4, 0.5) is 32.2 Å². The van der Waals surface area contributed by atoms with E-state index in [1.807, 2.05) is 0 Å². The first-order chi connectivity index (χ1) is 22.1. The van der Waals surface area contributed by atoms with Crippen molar-refractivity contribution in [2.24, 2.45) is 28.2 Å². The average Bonchev–Trinajstić information content (AvgIpc) is 3.72. The van der Waals surface area contributed by atoms with E-state index in [4.69, 9.17) is 10.5 Å². The Morgan fingerprint density at radius 2 is 1.94 bits per heavy atom. The topological polar surface area (TPSA) is 130 Å². The number of aromatic nitrogens is 2. The van der Waals surface area contributed by atoms with Gasteiger partial charge in [0.25, 0.3) is 11.8 Å². The second-order valence-electron chi connectivity index (χ2n) is 11.7. The zero-order valence-electron chi connectivity index (χ0n) is 25.2. The van der Waals surface area contributed by atoms with E-state index in [2.05, 4.69) is 27.1 Å². The quantitative estimate of drug-likeness (QED) is 0.331. The number of amidine groups is 1. The van der Waals surface area contributed by atoms with Crippen molar-refractivity contribution in [1.82, 2.24) is 19.6 Å². The van der Waals surface area contributed by atoms with Gasteiger partial charge in [-0.2, -0.15) is 18.3 Å². The van der Waals surface area contributed by atoms with Gasteiger partial charge in [0.05, 0.1) is 24.3 Å². The summed E-state index contributed by atoms with van der Waals surface area (Å²) in [5.74, 6) is -6.42. The Bertz CT molecular complexity index is 1760. The molecule has 4 aliphatic rings. The summed E-state index contributed by atoms with van der Waals surface area (Å²) in [5.41, 5.74) is 3.14. The molecular formula is C30H30F6N8O3. The van der Waals surface area contributed by atoms with Gasteiger partial charge < -0.3 is 25.6 Å². The second kappa shape index (κ2) is 11.2. The fourth-order valence-corrected chi connectivity index (χ4v) is 6.64. The molecule has 47 heavy (non-hydrogen) atoms. The molecule has 1 aromatic carbocycles. The van der Waals surface area contributed by atoms with Crippen LogP contribution in [0.1, 0.15) is 54.2 Å². The highest BCUT2D eigenvalue weighted by molar-refractivity contribution is 6.07. The maximum Gasteiger partial charge on any atom is 0.433 e. The molecule has 1 saturated carbocycles. The molecule has 1 aromatic heterocycles. The summed E-state index contributed by atoms with van der Waals surface area (Å²) >= 11 is 0. The van der Waals surface area contributed by atoms with Gasteiger partial charge in [0.1, 0.15) is 39.9 Å². The number of hydrogen-bond acceptors (Lipinski definition) is 8. The summed E-state index contributed by atoms with van der Waals surface area (Å²) in [6.07, 6.45) is -1.19. The van der Waals surface area contributed by atoms with Crippen molar-refractivity contribution >= 4 is 35.9 Å². The molecular weight excluding hydrogens is 634 g/mol. The molecule has 0 radical (unpaired) electrons. The second-order valence-corrected chi connectivity index (χ2v) is 11.7. The molecule has 1 unspecified atom stereocenters. The largest absolute Gasteiger partial charge is 0.493 e. The van der Waals surface area contributed by atoms with Gasteiger partial charge in [-0.25, -0.2) is 18.2 Å². The lowest BCUT2D eigenvalue weighted by molar-refractivity contribution is -0.143. The lowest BCUT2D eigenvalue weighted by atomic mass is 9.91. The van der Waals surface area contributed by atoms with Gasteiger partial charge in [-0.15, -0.1) is 0 Å². The number of rotatable bonds is 7. The monoisotopic (exact) mass is 664 g/mol. The van der Waals surface area contributed by atoms with Crippen molar-refractivity contribution in [3.8, 4) is 5.75 Å². The van der Waals surface area contributed by atoms with Crippen LogP contribution in [0.3, 0.4) is 0 Å². The van der Waals surface area contributed by atoms with Crippen LogP contribution in [0.5, 0.6) is 5.75 Å². The third-order valence-electron chi connectivity index (χ3n) is 9.03. The minimum Gasteiger partial charge on any atom is -0.493 e. The highest BCUT2D eigenvalue weighted by atomic mass is 19.4. The summed E-state index contributed by atoms with van der Waals surface area (Å²) in [7, 11) is 1.05. The Morgan fingerprint density at radius 3 is 2.55 bits per heavy atom. The van der Waals surface area contributed by atoms with Gasteiger partial charge >= 0.3 is 6.18 Å². The average molecular weight is 665 g/mol. The number of hydrogen-bond donors (Lipinski definition) is 2. The molecule has 250 valence electrons. The number of ether oxygens (including phenoxy) is 1. The Hall–Kier alpha value is -4.83. The number of benzene rings is 1. The number of carbonyl (C=O) groups excluding carboxylic acids is 2. The first kappa shape index (κ1) is 32.1. The fourth-order valence-electron chi connectivity index (χ4n) is 6.64. The predicted molar refractivity (Wildman–Crippen MR) is 158 cm³/mol. The molecule has 6 rings (SSSR count). The van der Waals surface area contributed by atoms with Crippen molar-refractivity contribution in [3.63, 3.8) is 0 Å². The molecule has 3 fully saturated rings. The number of nitrogens with zero attached hydrogens (tertiary/aromatic N) is 6. The minimum absolute atomic E-state index is 0.0101. The number of nitrogens with one attached hydrogen (secondary N) is 1. The summed E-state index contributed by atoms with van der Waals surface area (Å²) in [5, 5.41) is 5.80. The van der Waals surface area contributed by atoms with Crippen LogP contribution in [0.15, 0.2) is 46.3 Å². The summed E-state index contributed by atoms with van der Waals surface area (Å²) in [4.78, 5) is 37.3. The minimum atomic E-state index is -4.73. The molecule has 2 aromatic rings. The van der Waals surface area contributed by atoms with Crippen molar-refractivity contribution in [3.05, 3.63) is 58.9 Å². The maximum absolute atomic E-state index is 15.6. The van der Waals surface area contributed by atoms with E-state index in [1.54, 1.807) is 18.0 Å². The van der Waals surface area contributed by atoms with Gasteiger partial charge in [0.15, 0.2) is 5.82 Å². The van der Waals surface area contributed by atoms with Gasteiger partial charge in [-0.1, -0.05) is 0 Å². The molecule has 17 heteroatoms. The number of carbonyl (C=O) groups is 2. The van der Waals surface area contributed by atoms with Gasteiger partial charge in [0, 0.05) is 37.6 Å². The van der Waals surface area contributed by atoms with E-state index in [-0.39, 0.29) is 67.4 Å². The number of nitrogens with two attached hydrogens (primary N) is 1. The van der Waals surface area contributed by atoms with Crippen molar-refractivity contribution < 1.29 is 40.7 Å². The number of anilines is 1. The molecule has 0 bridgehead atoms. The van der Waals surface area contributed by atoms with Crippen LogP contribution in [-0.2, 0) is 18.0 Å². The van der Waals surface area contributed by atoms with E-state index < -0.39 is 64.3 Å². The van der Waals surface area contributed by atoms with E-state index in [9.17, 15) is 22.8 Å². The zero-order valence-corrected chi connectivity index (χ0v) is 25.2. The fraction of sp³-hybridized carbons (Fsp3) is 0.433.